The third-order valence-corrected chi connectivity index (χ3v) is 2.43. The number of nitrogens with one attached hydrogen (secondary N) is 1. The highest BCUT2D eigenvalue weighted by molar-refractivity contribution is 7.84. The zero-order valence-corrected chi connectivity index (χ0v) is 9.79. The Balaban J connectivity index is 4.11. The Hall–Kier alpha value is -1.37. The van der Waals surface area contributed by atoms with Crippen LogP contribution in [0.5, 0.6) is 0 Å². The predicted molar refractivity (Wildman–Crippen MR) is 59.7 cm³/mol. The maximum absolute atomic E-state index is 11.0. The summed E-state index contributed by atoms with van der Waals surface area (Å²) in [5.74, 6) is -0.973. The molecule has 0 aromatic carbocycles. The molecule has 1 amide bonds. The molecule has 0 aromatic heterocycles. The fourth-order valence-corrected chi connectivity index (χ4v) is 1.43. The first-order valence-electron chi connectivity index (χ1n) is 4.54. The molecule has 0 saturated carbocycles. The van der Waals surface area contributed by atoms with E-state index in [9.17, 15) is 13.8 Å². The van der Waals surface area contributed by atoms with Crippen LogP contribution in [0.15, 0.2) is 12.7 Å². The summed E-state index contributed by atoms with van der Waals surface area (Å²) in [6.07, 6.45) is 2.11. The van der Waals surface area contributed by atoms with Crippen LogP contribution in [0, 0.1) is 0 Å². The first kappa shape index (κ1) is 14.6. The van der Waals surface area contributed by atoms with Gasteiger partial charge in [-0.25, -0.2) is 9.59 Å². The minimum absolute atomic E-state index is 0.0118. The monoisotopic (exact) mass is 249 g/mol. The highest BCUT2D eigenvalue weighted by Crippen LogP contribution is 1.95. The Morgan fingerprint density at radius 2 is 2.25 bits per heavy atom. The average molecular weight is 249 g/mol. The number of hydrogen-bond donors (Lipinski definition) is 2. The summed E-state index contributed by atoms with van der Waals surface area (Å²) >= 11 is 0. The first-order valence-corrected chi connectivity index (χ1v) is 6.27. The summed E-state index contributed by atoms with van der Waals surface area (Å²) in [7, 11) is -1.09. The van der Waals surface area contributed by atoms with E-state index < -0.39 is 28.9 Å². The molecule has 0 saturated heterocycles. The van der Waals surface area contributed by atoms with Gasteiger partial charge in [-0.05, 0) is 6.42 Å². The van der Waals surface area contributed by atoms with Crippen molar-refractivity contribution in [1.82, 2.24) is 5.32 Å². The van der Waals surface area contributed by atoms with E-state index in [4.69, 9.17) is 5.11 Å². The molecule has 0 spiro atoms. The highest BCUT2D eigenvalue weighted by Gasteiger charge is 2.20. The van der Waals surface area contributed by atoms with Crippen molar-refractivity contribution in [2.45, 2.75) is 12.5 Å². The van der Waals surface area contributed by atoms with Crippen molar-refractivity contribution in [1.29, 1.82) is 0 Å². The summed E-state index contributed by atoms with van der Waals surface area (Å²) in [6, 6.07) is -1.08. The first-order chi connectivity index (χ1) is 7.47. The fourth-order valence-electron chi connectivity index (χ4n) is 0.860. The van der Waals surface area contributed by atoms with Gasteiger partial charge in [0.2, 0.25) is 0 Å². The van der Waals surface area contributed by atoms with Crippen LogP contribution in [0.2, 0.25) is 0 Å². The molecule has 92 valence electrons. The fraction of sp³-hybridized carbons (Fsp3) is 0.556. The van der Waals surface area contributed by atoms with Gasteiger partial charge in [-0.3, -0.25) is 4.21 Å². The third-order valence-electron chi connectivity index (χ3n) is 1.62. The molecule has 0 radical (unpaired) electrons. The number of alkyl carbamates (subject to hydrolysis) is 1. The van der Waals surface area contributed by atoms with Gasteiger partial charge in [-0.15, -0.1) is 0 Å². The SMILES string of the molecule is C=CCOC(=O)NC(CCS(C)=O)C(=O)O. The molecule has 2 unspecified atom stereocenters. The summed E-state index contributed by atoms with van der Waals surface area (Å²) in [6.45, 7) is 3.36. The smallest absolute Gasteiger partial charge is 0.408 e. The van der Waals surface area contributed by atoms with E-state index in [0.29, 0.717) is 0 Å². The van der Waals surface area contributed by atoms with Crippen molar-refractivity contribution in [3.05, 3.63) is 12.7 Å². The van der Waals surface area contributed by atoms with Crippen molar-refractivity contribution in [2.24, 2.45) is 0 Å². The maximum atomic E-state index is 11.0. The second-order valence-corrected chi connectivity index (χ2v) is 4.54. The van der Waals surface area contributed by atoms with E-state index in [0.717, 1.165) is 0 Å². The number of carboxylic acid groups (broad SMARTS) is 1. The predicted octanol–water partition coefficient (Wildman–Crippen LogP) is 0.120. The van der Waals surface area contributed by atoms with E-state index in [1.54, 1.807) is 0 Å². The van der Waals surface area contributed by atoms with Gasteiger partial charge >= 0.3 is 12.1 Å². The number of rotatable bonds is 7. The van der Waals surface area contributed by atoms with Crippen LogP contribution >= 0.6 is 0 Å². The molecule has 0 aliphatic carbocycles. The molecule has 0 aromatic rings. The van der Waals surface area contributed by atoms with Crippen molar-refractivity contribution in [2.75, 3.05) is 18.6 Å². The van der Waals surface area contributed by atoms with Crippen molar-refractivity contribution in [3.63, 3.8) is 0 Å². The molecule has 2 N–H and O–H groups in total. The van der Waals surface area contributed by atoms with Gasteiger partial charge in [0.25, 0.3) is 0 Å². The standard InChI is InChI=1S/C9H15NO5S/c1-3-5-15-9(13)10-7(8(11)12)4-6-16(2)14/h3,7H,1,4-6H2,2H3,(H,10,13)(H,11,12). The molecule has 2 atom stereocenters. The highest BCUT2D eigenvalue weighted by atomic mass is 32.2. The van der Waals surface area contributed by atoms with Crippen LogP contribution in [0.3, 0.4) is 0 Å². The second-order valence-electron chi connectivity index (χ2n) is 2.99. The Morgan fingerprint density at radius 3 is 2.69 bits per heavy atom. The van der Waals surface area contributed by atoms with Crippen molar-refractivity contribution < 1.29 is 23.6 Å². The van der Waals surface area contributed by atoms with E-state index in [1.807, 2.05) is 0 Å². The number of ether oxygens (including phenoxy) is 1. The molecular weight excluding hydrogens is 234 g/mol. The lowest BCUT2D eigenvalue weighted by Gasteiger charge is -2.13. The lowest BCUT2D eigenvalue weighted by molar-refractivity contribution is -0.139. The topological polar surface area (TPSA) is 92.7 Å². The number of carbonyl (C=O) groups is 2. The van der Waals surface area contributed by atoms with Gasteiger partial charge < -0.3 is 15.2 Å². The molecular formula is C9H15NO5S. The van der Waals surface area contributed by atoms with Gasteiger partial charge in [0, 0.05) is 22.8 Å². The minimum Gasteiger partial charge on any atom is -0.480 e. The van der Waals surface area contributed by atoms with Gasteiger partial charge in [0.15, 0.2) is 0 Å². The largest absolute Gasteiger partial charge is 0.480 e. The molecule has 0 fully saturated rings. The quantitative estimate of drug-likeness (QED) is 0.625. The molecule has 0 heterocycles. The summed E-state index contributed by atoms with van der Waals surface area (Å²) in [5.41, 5.74) is 0. The Labute approximate surface area is 96.1 Å². The van der Waals surface area contributed by atoms with E-state index >= 15 is 0 Å². The third kappa shape index (κ3) is 6.99. The van der Waals surface area contributed by atoms with E-state index in [2.05, 4.69) is 16.6 Å². The Morgan fingerprint density at radius 1 is 1.62 bits per heavy atom. The van der Waals surface area contributed by atoms with Crippen LogP contribution in [0.25, 0.3) is 0 Å². The zero-order valence-electron chi connectivity index (χ0n) is 8.97. The number of carboxylic acids is 1. The van der Waals surface area contributed by atoms with Crippen LogP contribution in [0.4, 0.5) is 4.79 Å². The number of hydrogen-bond acceptors (Lipinski definition) is 4. The second kappa shape index (κ2) is 7.86. The van der Waals surface area contributed by atoms with Crippen LogP contribution in [-0.4, -0.2) is 46.0 Å². The van der Waals surface area contributed by atoms with Gasteiger partial charge in [-0.2, -0.15) is 0 Å². The van der Waals surface area contributed by atoms with Crippen LogP contribution in [-0.2, 0) is 20.3 Å². The average Bonchev–Trinajstić information content (AvgIpc) is 2.20. The number of aliphatic carboxylic acids is 1. The lowest BCUT2D eigenvalue weighted by Crippen LogP contribution is -2.41. The summed E-state index contributed by atoms with van der Waals surface area (Å²) < 4.78 is 15.4. The molecule has 0 rings (SSSR count). The van der Waals surface area contributed by atoms with E-state index in [-0.39, 0.29) is 18.8 Å². The van der Waals surface area contributed by atoms with Crippen LogP contribution in [0.1, 0.15) is 6.42 Å². The Bertz CT molecular complexity index is 292. The number of carbonyl (C=O) groups excluding carboxylic acids is 1. The molecule has 0 aliphatic heterocycles. The van der Waals surface area contributed by atoms with Gasteiger partial charge in [-0.1, -0.05) is 12.7 Å². The normalized spacial score (nSPS) is 13.6. The minimum atomic E-state index is -1.18. The molecule has 7 heteroatoms. The van der Waals surface area contributed by atoms with Gasteiger partial charge in [0.1, 0.15) is 12.6 Å². The lowest BCUT2D eigenvalue weighted by atomic mass is 10.2. The molecule has 0 bridgehead atoms. The zero-order chi connectivity index (χ0) is 12.6. The maximum Gasteiger partial charge on any atom is 0.408 e. The Kier molecular flexibility index (Phi) is 7.19. The van der Waals surface area contributed by atoms with E-state index in [1.165, 1.54) is 12.3 Å². The van der Waals surface area contributed by atoms with Gasteiger partial charge in [0.05, 0.1) is 0 Å². The molecule has 0 aliphatic rings. The molecule has 16 heavy (non-hydrogen) atoms. The van der Waals surface area contributed by atoms with Crippen molar-refractivity contribution in [3.8, 4) is 0 Å². The molecule has 6 nitrogen and oxygen atoms in total. The van der Waals surface area contributed by atoms with Crippen LogP contribution < -0.4 is 5.32 Å². The summed E-state index contributed by atoms with van der Waals surface area (Å²) in [4.78, 5) is 21.8. The number of amides is 1. The summed E-state index contributed by atoms with van der Waals surface area (Å²) in [5, 5.41) is 10.9. The van der Waals surface area contributed by atoms with Crippen molar-refractivity contribution >= 4 is 22.9 Å².